The number of aryl methyl sites for hydroxylation is 1. The highest BCUT2D eigenvalue weighted by Crippen LogP contribution is 2.25. The molecule has 0 aromatic heterocycles. The van der Waals surface area contributed by atoms with Gasteiger partial charge in [-0.05, 0) is 18.6 Å². The Morgan fingerprint density at radius 2 is 1.89 bits per heavy atom. The summed E-state index contributed by atoms with van der Waals surface area (Å²) in [5.41, 5.74) is 1.79. The zero-order chi connectivity index (χ0) is 14.0. The van der Waals surface area contributed by atoms with Crippen LogP contribution in [0.2, 0.25) is 0 Å². The Morgan fingerprint density at radius 1 is 1.26 bits per heavy atom. The van der Waals surface area contributed by atoms with Gasteiger partial charge < -0.3 is 19.7 Å². The van der Waals surface area contributed by atoms with E-state index in [1.165, 1.54) is 17.0 Å². The van der Waals surface area contributed by atoms with Crippen molar-refractivity contribution < 1.29 is 14.8 Å². The standard InChI is InChI=1S/C12H15N3O4/c1-9-8-10(15(18)19)2-3-11(9)13-4-6-14(7-5-13)12(16)17/h2-3,8H,4-7H2,1H3,(H,16,17)/p-1. The molecule has 102 valence electrons. The Morgan fingerprint density at radius 3 is 2.37 bits per heavy atom. The quantitative estimate of drug-likeness (QED) is 0.568. The summed E-state index contributed by atoms with van der Waals surface area (Å²) in [5.74, 6) is 0. The normalized spacial score (nSPS) is 15.4. The minimum Gasteiger partial charge on any atom is -0.530 e. The second-order valence-electron chi connectivity index (χ2n) is 4.47. The molecule has 1 saturated heterocycles. The number of benzene rings is 1. The summed E-state index contributed by atoms with van der Waals surface area (Å²) in [4.78, 5) is 24.2. The molecule has 1 aromatic carbocycles. The summed E-state index contributed by atoms with van der Waals surface area (Å²) in [5, 5.41) is 21.4. The van der Waals surface area contributed by atoms with E-state index in [1.807, 2.05) is 11.8 Å². The van der Waals surface area contributed by atoms with E-state index in [9.17, 15) is 20.0 Å². The molecule has 19 heavy (non-hydrogen) atoms. The number of non-ortho nitro benzene ring substituents is 1. The zero-order valence-electron chi connectivity index (χ0n) is 10.5. The fourth-order valence-electron chi connectivity index (χ4n) is 2.24. The third kappa shape index (κ3) is 2.75. The molecule has 0 bridgehead atoms. The maximum Gasteiger partial charge on any atom is 0.269 e. The van der Waals surface area contributed by atoms with Gasteiger partial charge in [0.2, 0.25) is 0 Å². The SMILES string of the molecule is Cc1cc([N+](=O)[O-])ccc1N1CCN(C(=O)[O-])CC1. The molecule has 1 aliphatic heterocycles. The molecule has 7 nitrogen and oxygen atoms in total. The molecule has 1 amide bonds. The summed E-state index contributed by atoms with van der Waals surface area (Å²) >= 11 is 0. The van der Waals surface area contributed by atoms with Gasteiger partial charge in [-0.25, -0.2) is 0 Å². The van der Waals surface area contributed by atoms with E-state index in [4.69, 9.17) is 0 Å². The van der Waals surface area contributed by atoms with Crippen molar-refractivity contribution in [2.24, 2.45) is 0 Å². The van der Waals surface area contributed by atoms with Gasteiger partial charge in [-0.1, -0.05) is 0 Å². The predicted octanol–water partition coefficient (Wildman–Crippen LogP) is 0.369. The van der Waals surface area contributed by atoms with E-state index in [2.05, 4.69) is 0 Å². The van der Waals surface area contributed by atoms with Crippen molar-refractivity contribution in [3.05, 3.63) is 33.9 Å². The number of nitro groups is 1. The number of hydrogen-bond acceptors (Lipinski definition) is 5. The number of piperazine rings is 1. The average Bonchev–Trinajstić information content (AvgIpc) is 2.38. The predicted molar refractivity (Wildman–Crippen MR) is 67.0 cm³/mol. The Labute approximate surface area is 110 Å². The lowest BCUT2D eigenvalue weighted by atomic mass is 10.1. The van der Waals surface area contributed by atoms with Crippen LogP contribution in [0.3, 0.4) is 0 Å². The zero-order valence-corrected chi connectivity index (χ0v) is 10.5. The minimum absolute atomic E-state index is 0.0645. The van der Waals surface area contributed by atoms with Gasteiger partial charge in [-0.3, -0.25) is 10.1 Å². The van der Waals surface area contributed by atoms with Crippen LogP contribution in [0.1, 0.15) is 5.56 Å². The van der Waals surface area contributed by atoms with Gasteiger partial charge in [-0.2, -0.15) is 0 Å². The molecule has 0 N–H and O–H groups in total. The summed E-state index contributed by atoms with van der Waals surface area (Å²) in [6, 6.07) is 4.70. The minimum atomic E-state index is -1.15. The maximum absolute atomic E-state index is 10.7. The van der Waals surface area contributed by atoms with Gasteiger partial charge in [0.05, 0.1) is 4.92 Å². The molecule has 0 unspecified atom stereocenters. The highest BCUT2D eigenvalue weighted by molar-refractivity contribution is 5.64. The molecule has 1 fully saturated rings. The van der Waals surface area contributed by atoms with Crippen molar-refractivity contribution in [1.29, 1.82) is 0 Å². The molecule has 1 aliphatic rings. The Kier molecular flexibility index (Phi) is 3.55. The monoisotopic (exact) mass is 264 g/mol. The fraction of sp³-hybridized carbons (Fsp3) is 0.417. The van der Waals surface area contributed by atoms with Gasteiger partial charge >= 0.3 is 0 Å². The first-order valence-electron chi connectivity index (χ1n) is 5.95. The summed E-state index contributed by atoms with van der Waals surface area (Å²) in [6.45, 7) is 3.71. The smallest absolute Gasteiger partial charge is 0.269 e. The molecule has 2 rings (SSSR count). The molecule has 0 radical (unpaired) electrons. The van der Waals surface area contributed by atoms with Crippen molar-refractivity contribution in [3.8, 4) is 0 Å². The van der Waals surface area contributed by atoms with E-state index < -0.39 is 11.0 Å². The van der Waals surface area contributed by atoms with E-state index in [0.29, 0.717) is 26.2 Å². The number of carbonyl (C=O) groups excluding carboxylic acids is 1. The van der Waals surface area contributed by atoms with Crippen molar-refractivity contribution in [1.82, 2.24) is 4.90 Å². The van der Waals surface area contributed by atoms with Crippen molar-refractivity contribution >= 4 is 17.5 Å². The third-order valence-corrected chi connectivity index (χ3v) is 3.27. The molecule has 1 heterocycles. The second-order valence-corrected chi connectivity index (χ2v) is 4.47. The van der Waals surface area contributed by atoms with E-state index in [-0.39, 0.29) is 5.69 Å². The number of carbonyl (C=O) groups is 1. The second kappa shape index (κ2) is 5.13. The van der Waals surface area contributed by atoms with Gasteiger partial charge in [-0.15, -0.1) is 0 Å². The van der Waals surface area contributed by atoms with Crippen LogP contribution in [0.4, 0.5) is 16.2 Å². The Bertz CT molecular complexity index is 510. The van der Waals surface area contributed by atoms with Crippen LogP contribution in [0.5, 0.6) is 0 Å². The number of anilines is 1. The van der Waals surface area contributed by atoms with Crippen molar-refractivity contribution in [2.45, 2.75) is 6.92 Å². The summed E-state index contributed by atoms with van der Waals surface area (Å²) in [7, 11) is 0. The van der Waals surface area contributed by atoms with Crippen molar-refractivity contribution in [3.63, 3.8) is 0 Å². The molecular formula is C12H14N3O4-. The highest BCUT2D eigenvalue weighted by Gasteiger charge is 2.19. The number of rotatable bonds is 2. The number of hydrogen-bond donors (Lipinski definition) is 0. The molecule has 0 atom stereocenters. The van der Waals surface area contributed by atoms with Crippen LogP contribution in [0, 0.1) is 17.0 Å². The lowest BCUT2D eigenvalue weighted by molar-refractivity contribution is -0.384. The summed E-state index contributed by atoms with van der Waals surface area (Å²) < 4.78 is 0. The van der Waals surface area contributed by atoms with Crippen LogP contribution in [-0.2, 0) is 0 Å². The van der Waals surface area contributed by atoms with Crippen LogP contribution < -0.4 is 10.0 Å². The molecule has 0 spiro atoms. The molecule has 0 saturated carbocycles. The molecular weight excluding hydrogens is 250 g/mol. The Balaban J connectivity index is 2.11. The van der Waals surface area contributed by atoms with Gasteiger partial charge in [0, 0.05) is 44.0 Å². The van der Waals surface area contributed by atoms with Crippen LogP contribution in [0.15, 0.2) is 18.2 Å². The molecule has 1 aromatic rings. The topological polar surface area (TPSA) is 89.8 Å². The highest BCUT2D eigenvalue weighted by atomic mass is 16.6. The lowest BCUT2D eigenvalue weighted by Crippen LogP contribution is -2.52. The number of carboxylic acid groups (broad SMARTS) is 1. The lowest BCUT2D eigenvalue weighted by Gasteiger charge is -2.37. The first-order valence-corrected chi connectivity index (χ1v) is 5.95. The van der Waals surface area contributed by atoms with Gasteiger partial charge in [0.15, 0.2) is 0 Å². The molecule has 0 aliphatic carbocycles. The van der Waals surface area contributed by atoms with Crippen LogP contribution >= 0.6 is 0 Å². The van der Waals surface area contributed by atoms with E-state index in [1.54, 1.807) is 6.07 Å². The summed E-state index contributed by atoms with van der Waals surface area (Å²) in [6.07, 6.45) is -1.15. The van der Waals surface area contributed by atoms with E-state index in [0.717, 1.165) is 11.3 Å². The van der Waals surface area contributed by atoms with Gasteiger partial charge in [0.25, 0.3) is 5.69 Å². The molecule has 7 heteroatoms. The van der Waals surface area contributed by atoms with Crippen LogP contribution in [-0.4, -0.2) is 42.1 Å². The largest absolute Gasteiger partial charge is 0.530 e. The third-order valence-electron chi connectivity index (χ3n) is 3.27. The van der Waals surface area contributed by atoms with Gasteiger partial charge in [0.1, 0.15) is 6.09 Å². The Hall–Kier alpha value is -2.31. The number of amides is 1. The first kappa shape index (κ1) is 13.1. The average molecular weight is 264 g/mol. The van der Waals surface area contributed by atoms with Crippen LogP contribution in [0.25, 0.3) is 0 Å². The fourth-order valence-corrected chi connectivity index (χ4v) is 2.24. The van der Waals surface area contributed by atoms with Crippen molar-refractivity contribution in [2.75, 3.05) is 31.1 Å². The number of nitro benzene ring substituents is 1. The van der Waals surface area contributed by atoms with E-state index >= 15 is 0 Å². The number of nitrogens with zero attached hydrogens (tertiary/aromatic N) is 3. The first-order chi connectivity index (χ1) is 8.99. The maximum atomic E-state index is 10.7.